The summed E-state index contributed by atoms with van der Waals surface area (Å²) in [6.45, 7) is 4.18. The molecule has 1 aromatic rings. The van der Waals surface area contributed by atoms with Gasteiger partial charge in [-0.1, -0.05) is 35.7 Å². The Kier molecular flexibility index (Phi) is 5.41. The van der Waals surface area contributed by atoms with E-state index in [2.05, 4.69) is 28.2 Å². The van der Waals surface area contributed by atoms with E-state index in [4.69, 9.17) is 0 Å². The maximum absolute atomic E-state index is 10.9. The molecule has 1 rings (SSSR count). The van der Waals surface area contributed by atoms with Gasteiger partial charge in [0.2, 0.25) is 0 Å². The third kappa shape index (κ3) is 4.34. The Morgan fingerprint density at radius 1 is 1.53 bits per heavy atom. The minimum atomic E-state index is -0.361. The minimum absolute atomic E-state index is 0.114. The monoisotopic (exact) mass is 300 g/mol. The summed E-state index contributed by atoms with van der Waals surface area (Å²) < 4.78 is 0.718. The van der Waals surface area contributed by atoms with Gasteiger partial charge >= 0.3 is 0 Å². The average molecular weight is 301 g/mol. The second-order valence-corrected chi connectivity index (χ2v) is 5.02. The van der Waals surface area contributed by atoms with E-state index < -0.39 is 0 Å². The molecule has 5 heteroatoms. The highest BCUT2D eigenvalue weighted by molar-refractivity contribution is 9.10. The Morgan fingerprint density at radius 3 is 2.82 bits per heavy atom. The molecule has 1 unspecified atom stereocenters. The van der Waals surface area contributed by atoms with Gasteiger partial charge in [0.1, 0.15) is 5.69 Å². The van der Waals surface area contributed by atoms with E-state index >= 15 is 0 Å². The van der Waals surface area contributed by atoms with E-state index in [0.717, 1.165) is 23.7 Å². The van der Waals surface area contributed by atoms with E-state index in [1.165, 1.54) is 6.07 Å². The van der Waals surface area contributed by atoms with Crippen molar-refractivity contribution in [2.45, 2.75) is 39.2 Å². The number of hydrogen-bond acceptors (Lipinski definition) is 3. The van der Waals surface area contributed by atoms with Gasteiger partial charge in [-0.05, 0) is 25.5 Å². The summed E-state index contributed by atoms with van der Waals surface area (Å²) in [7, 11) is 0. The lowest BCUT2D eigenvalue weighted by Gasteiger charge is -2.14. The van der Waals surface area contributed by atoms with Gasteiger partial charge in [0.15, 0.2) is 0 Å². The number of nitro groups is 1. The summed E-state index contributed by atoms with van der Waals surface area (Å²) in [4.78, 5) is 10.6. The number of hydrogen-bond donors (Lipinski definition) is 1. The lowest BCUT2D eigenvalue weighted by molar-refractivity contribution is -0.384. The van der Waals surface area contributed by atoms with Crippen LogP contribution in [0.2, 0.25) is 0 Å². The molecule has 17 heavy (non-hydrogen) atoms. The lowest BCUT2D eigenvalue weighted by atomic mass is 10.1. The maximum atomic E-state index is 10.9. The summed E-state index contributed by atoms with van der Waals surface area (Å²) >= 11 is 3.24. The second-order valence-electron chi connectivity index (χ2n) is 4.11. The zero-order chi connectivity index (χ0) is 12.8. The van der Waals surface area contributed by atoms with Gasteiger partial charge in [0.25, 0.3) is 5.69 Å². The second kappa shape index (κ2) is 6.59. The van der Waals surface area contributed by atoms with Gasteiger partial charge in [0, 0.05) is 16.6 Å². The molecule has 0 saturated heterocycles. The van der Waals surface area contributed by atoms with Crippen molar-refractivity contribution in [2.24, 2.45) is 0 Å². The predicted molar refractivity (Wildman–Crippen MR) is 73.4 cm³/mol. The molecule has 0 spiro atoms. The van der Waals surface area contributed by atoms with Crippen LogP contribution in [0.3, 0.4) is 0 Å². The predicted octanol–water partition coefficient (Wildman–Crippen LogP) is 4.35. The van der Waals surface area contributed by atoms with E-state index in [1.807, 2.05) is 13.0 Å². The zero-order valence-electron chi connectivity index (χ0n) is 10.1. The summed E-state index contributed by atoms with van der Waals surface area (Å²) in [5, 5.41) is 14.1. The summed E-state index contributed by atoms with van der Waals surface area (Å²) in [5.41, 5.74) is 0.699. The quantitative estimate of drug-likeness (QED) is 0.628. The summed E-state index contributed by atoms with van der Waals surface area (Å²) in [6, 6.07) is 5.32. The van der Waals surface area contributed by atoms with Crippen molar-refractivity contribution in [3.63, 3.8) is 0 Å². The molecule has 1 aromatic carbocycles. The molecule has 0 aromatic heterocycles. The van der Waals surface area contributed by atoms with E-state index in [-0.39, 0.29) is 16.7 Å². The van der Waals surface area contributed by atoms with Crippen LogP contribution in [0, 0.1) is 10.1 Å². The van der Waals surface area contributed by atoms with Crippen LogP contribution in [0.25, 0.3) is 0 Å². The van der Waals surface area contributed by atoms with Crippen molar-refractivity contribution in [3.8, 4) is 0 Å². The standard InChI is InChI=1S/C12H17BrN2O2/c1-3-4-5-9(2)14-11-7-6-10(13)8-12(11)15(16)17/h6-9,14H,3-5H2,1-2H3. The van der Waals surface area contributed by atoms with Gasteiger partial charge < -0.3 is 5.32 Å². The number of benzene rings is 1. The van der Waals surface area contributed by atoms with Crippen LogP contribution in [0.1, 0.15) is 33.1 Å². The van der Waals surface area contributed by atoms with Crippen LogP contribution in [0.15, 0.2) is 22.7 Å². The third-order valence-corrected chi connectivity index (χ3v) is 3.04. The first-order valence-corrected chi connectivity index (χ1v) is 6.54. The van der Waals surface area contributed by atoms with Crippen LogP contribution in [-0.2, 0) is 0 Å². The fourth-order valence-corrected chi connectivity index (χ4v) is 1.97. The number of unbranched alkanes of at least 4 members (excludes halogenated alkanes) is 1. The number of nitrogens with zero attached hydrogens (tertiary/aromatic N) is 1. The molecular formula is C12H17BrN2O2. The van der Waals surface area contributed by atoms with E-state index in [0.29, 0.717) is 5.69 Å². The Bertz CT molecular complexity index is 396. The van der Waals surface area contributed by atoms with Crippen LogP contribution in [-0.4, -0.2) is 11.0 Å². The van der Waals surface area contributed by atoms with Crippen molar-refractivity contribution >= 4 is 27.3 Å². The van der Waals surface area contributed by atoms with Crippen molar-refractivity contribution in [1.29, 1.82) is 0 Å². The highest BCUT2D eigenvalue weighted by atomic mass is 79.9. The highest BCUT2D eigenvalue weighted by Crippen LogP contribution is 2.28. The molecule has 0 radical (unpaired) electrons. The minimum Gasteiger partial charge on any atom is -0.377 e. The van der Waals surface area contributed by atoms with Crippen molar-refractivity contribution < 1.29 is 4.92 Å². The molecular weight excluding hydrogens is 284 g/mol. The normalized spacial score (nSPS) is 12.2. The Morgan fingerprint density at radius 2 is 2.24 bits per heavy atom. The molecule has 1 N–H and O–H groups in total. The molecule has 0 aliphatic heterocycles. The number of anilines is 1. The molecule has 94 valence electrons. The molecule has 0 saturated carbocycles. The number of halogens is 1. The maximum Gasteiger partial charge on any atom is 0.293 e. The van der Waals surface area contributed by atoms with Crippen molar-refractivity contribution in [3.05, 3.63) is 32.8 Å². The van der Waals surface area contributed by atoms with Gasteiger partial charge in [0.05, 0.1) is 4.92 Å². The highest BCUT2D eigenvalue weighted by Gasteiger charge is 2.15. The molecule has 0 fully saturated rings. The molecule has 0 heterocycles. The van der Waals surface area contributed by atoms with Gasteiger partial charge in [-0.25, -0.2) is 0 Å². The molecule has 0 aliphatic carbocycles. The van der Waals surface area contributed by atoms with E-state index in [9.17, 15) is 10.1 Å². The van der Waals surface area contributed by atoms with Crippen LogP contribution in [0.5, 0.6) is 0 Å². The fraction of sp³-hybridized carbons (Fsp3) is 0.500. The Labute approximate surface area is 110 Å². The Balaban J connectivity index is 2.79. The van der Waals surface area contributed by atoms with Crippen molar-refractivity contribution in [2.75, 3.05) is 5.32 Å². The van der Waals surface area contributed by atoms with Crippen LogP contribution < -0.4 is 5.32 Å². The average Bonchev–Trinajstić information content (AvgIpc) is 2.28. The zero-order valence-corrected chi connectivity index (χ0v) is 11.7. The lowest BCUT2D eigenvalue weighted by Crippen LogP contribution is -2.15. The van der Waals surface area contributed by atoms with E-state index in [1.54, 1.807) is 6.07 Å². The van der Waals surface area contributed by atoms with Crippen molar-refractivity contribution in [1.82, 2.24) is 0 Å². The third-order valence-electron chi connectivity index (χ3n) is 2.55. The molecule has 0 aliphatic rings. The number of nitrogens with one attached hydrogen (secondary N) is 1. The summed E-state index contributed by atoms with van der Waals surface area (Å²) in [5.74, 6) is 0. The molecule has 0 amide bonds. The first-order chi connectivity index (χ1) is 8.04. The first kappa shape index (κ1) is 14.0. The molecule has 0 bridgehead atoms. The van der Waals surface area contributed by atoms with Crippen LogP contribution >= 0.6 is 15.9 Å². The van der Waals surface area contributed by atoms with Gasteiger partial charge in [-0.15, -0.1) is 0 Å². The van der Waals surface area contributed by atoms with Crippen LogP contribution in [0.4, 0.5) is 11.4 Å². The topological polar surface area (TPSA) is 55.2 Å². The fourth-order valence-electron chi connectivity index (χ4n) is 1.63. The Hall–Kier alpha value is -1.10. The first-order valence-electron chi connectivity index (χ1n) is 5.75. The number of nitro benzene ring substituents is 1. The SMILES string of the molecule is CCCCC(C)Nc1ccc(Br)cc1[N+](=O)[O-]. The molecule has 1 atom stereocenters. The summed E-state index contributed by atoms with van der Waals surface area (Å²) in [6.07, 6.45) is 3.27. The smallest absolute Gasteiger partial charge is 0.293 e. The number of rotatable bonds is 6. The van der Waals surface area contributed by atoms with Gasteiger partial charge in [-0.3, -0.25) is 10.1 Å². The van der Waals surface area contributed by atoms with Gasteiger partial charge in [-0.2, -0.15) is 0 Å². The largest absolute Gasteiger partial charge is 0.377 e. The molecule has 4 nitrogen and oxygen atoms in total.